The summed E-state index contributed by atoms with van der Waals surface area (Å²) in [5, 5.41) is 11.9. The third kappa shape index (κ3) is 9.30. The maximum absolute atomic E-state index is 12.4. The molecule has 43 heavy (non-hydrogen) atoms. The molecule has 0 radical (unpaired) electrons. The van der Waals surface area contributed by atoms with Gasteiger partial charge in [0, 0.05) is 29.5 Å². The number of amides is 1. The molecule has 0 aliphatic heterocycles. The van der Waals surface area contributed by atoms with Gasteiger partial charge in [0.15, 0.2) is 8.32 Å². The molecule has 2 aromatic rings. The third-order valence-corrected chi connectivity index (χ3v) is 13.6. The summed E-state index contributed by atoms with van der Waals surface area (Å²) >= 11 is 0. The Morgan fingerprint density at radius 2 is 1.47 bits per heavy atom. The van der Waals surface area contributed by atoms with Crippen LogP contribution in [0.5, 0.6) is 0 Å². The fourth-order valence-corrected chi connectivity index (χ4v) is 6.44. The van der Waals surface area contributed by atoms with Crippen LogP contribution in [0, 0.1) is 31.1 Å². The summed E-state index contributed by atoms with van der Waals surface area (Å²) in [7, 11) is -1.99. The van der Waals surface area contributed by atoms with Gasteiger partial charge >= 0.3 is 5.97 Å². The highest BCUT2D eigenvalue weighted by Crippen LogP contribution is 2.41. The normalized spacial score (nSPS) is 13.2. The maximum Gasteiger partial charge on any atom is 0.303 e. The van der Waals surface area contributed by atoms with Crippen molar-refractivity contribution in [3.63, 3.8) is 0 Å². The highest BCUT2D eigenvalue weighted by molar-refractivity contribution is 6.74. The van der Waals surface area contributed by atoms with Crippen LogP contribution in [0.25, 0.3) is 0 Å². The molecule has 1 amide bonds. The monoisotopic (exact) mass is 605 g/mol. The Balaban J connectivity index is 2.39. The molecular weight excluding hydrogens is 550 g/mol. The van der Waals surface area contributed by atoms with E-state index < -0.39 is 14.3 Å². The predicted molar refractivity (Wildman–Crippen MR) is 182 cm³/mol. The molecule has 0 saturated carbocycles. The minimum absolute atomic E-state index is 0.00741. The second-order valence-electron chi connectivity index (χ2n) is 14.5. The Bertz CT molecular complexity index is 1350. The molecule has 0 spiro atoms. The summed E-state index contributed by atoms with van der Waals surface area (Å²) in [6, 6.07) is 12.9. The maximum atomic E-state index is 12.4. The van der Waals surface area contributed by atoms with E-state index in [4.69, 9.17) is 9.53 Å². The molecular formula is C37H55NO4Si. The second kappa shape index (κ2) is 14.3. The van der Waals surface area contributed by atoms with Crippen LogP contribution in [0.1, 0.15) is 115 Å². The van der Waals surface area contributed by atoms with Crippen molar-refractivity contribution in [3.05, 3.63) is 64.2 Å². The lowest BCUT2D eigenvalue weighted by Crippen LogP contribution is -2.46. The van der Waals surface area contributed by atoms with Gasteiger partial charge in [-0.05, 0) is 91.0 Å². The summed E-state index contributed by atoms with van der Waals surface area (Å²) in [5.41, 5.74) is 6.13. The molecule has 2 rings (SSSR count). The first-order valence-electron chi connectivity index (χ1n) is 15.7. The zero-order chi connectivity index (χ0) is 32.8. The number of aliphatic carboxylic acids is 1. The summed E-state index contributed by atoms with van der Waals surface area (Å²) in [5.74, 6) is 5.94. The van der Waals surface area contributed by atoms with Crippen LogP contribution in [0.4, 0.5) is 5.69 Å². The highest BCUT2D eigenvalue weighted by atomic mass is 28.4. The summed E-state index contributed by atoms with van der Waals surface area (Å²) < 4.78 is 6.79. The van der Waals surface area contributed by atoms with Gasteiger partial charge < -0.3 is 14.8 Å². The zero-order valence-electron chi connectivity index (χ0n) is 28.7. The highest BCUT2D eigenvalue weighted by Gasteiger charge is 2.41. The van der Waals surface area contributed by atoms with Crippen LogP contribution in [0.2, 0.25) is 18.1 Å². The molecule has 0 fully saturated rings. The van der Waals surface area contributed by atoms with E-state index in [1.165, 1.54) is 11.1 Å². The van der Waals surface area contributed by atoms with Gasteiger partial charge in [0.2, 0.25) is 5.91 Å². The van der Waals surface area contributed by atoms with Gasteiger partial charge in [0.05, 0.1) is 0 Å². The molecule has 0 aliphatic carbocycles. The van der Waals surface area contributed by atoms with Crippen molar-refractivity contribution in [2.24, 2.45) is 5.41 Å². The number of rotatable bonds is 11. The minimum atomic E-state index is -1.99. The number of aryl methyl sites for hydroxylation is 2. The predicted octanol–water partition coefficient (Wildman–Crippen LogP) is 9.39. The van der Waals surface area contributed by atoms with Crippen LogP contribution in [0.15, 0.2) is 36.4 Å². The number of carbonyl (C=O) groups is 2. The van der Waals surface area contributed by atoms with E-state index in [0.29, 0.717) is 6.42 Å². The van der Waals surface area contributed by atoms with Crippen LogP contribution in [0.3, 0.4) is 0 Å². The first-order chi connectivity index (χ1) is 19.8. The molecule has 5 nitrogen and oxygen atoms in total. The molecule has 1 unspecified atom stereocenters. The molecule has 0 aromatic heterocycles. The van der Waals surface area contributed by atoms with Crippen molar-refractivity contribution >= 4 is 25.9 Å². The van der Waals surface area contributed by atoms with E-state index in [9.17, 15) is 9.59 Å². The van der Waals surface area contributed by atoms with Crippen LogP contribution >= 0.6 is 0 Å². The van der Waals surface area contributed by atoms with Crippen molar-refractivity contribution in [3.8, 4) is 11.8 Å². The second-order valence-corrected chi connectivity index (χ2v) is 19.3. The summed E-state index contributed by atoms with van der Waals surface area (Å²) in [6.45, 7) is 26.6. The van der Waals surface area contributed by atoms with Gasteiger partial charge in [-0.3, -0.25) is 9.59 Å². The Morgan fingerprint density at radius 1 is 0.907 bits per heavy atom. The fourth-order valence-electron chi connectivity index (χ4n) is 5.09. The smallest absolute Gasteiger partial charge is 0.303 e. The van der Waals surface area contributed by atoms with Crippen molar-refractivity contribution in [1.29, 1.82) is 0 Å². The molecule has 2 N–H and O–H groups in total. The molecule has 0 heterocycles. The number of carboxylic acid groups (broad SMARTS) is 1. The van der Waals surface area contributed by atoms with Crippen molar-refractivity contribution < 1.29 is 19.1 Å². The van der Waals surface area contributed by atoms with E-state index in [-0.39, 0.29) is 40.7 Å². The van der Waals surface area contributed by atoms with E-state index in [2.05, 4.69) is 123 Å². The van der Waals surface area contributed by atoms with Crippen molar-refractivity contribution in [2.75, 3.05) is 5.32 Å². The van der Waals surface area contributed by atoms with E-state index in [0.717, 1.165) is 35.2 Å². The zero-order valence-corrected chi connectivity index (χ0v) is 29.7. The molecule has 236 valence electrons. The number of hydrogen-bond donors (Lipinski definition) is 2. The van der Waals surface area contributed by atoms with Gasteiger partial charge in [-0.1, -0.05) is 91.5 Å². The SMILES string of the molecule is CCC(CC)(c1ccc(C#CC(O[Si](C)(C)C(C)(C)C)C(C)(C)C)c(C)c1)c1ccc(NC(=O)CCCC(=O)O)c(C)c1. The average molecular weight is 606 g/mol. The molecule has 6 heteroatoms. The Labute approximate surface area is 262 Å². The Hall–Kier alpha value is -2.88. The van der Waals surface area contributed by atoms with Gasteiger partial charge in [-0.25, -0.2) is 0 Å². The number of carbonyl (C=O) groups excluding carboxylic acids is 1. The average Bonchev–Trinajstić information content (AvgIpc) is 2.88. The number of hydrogen-bond acceptors (Lipinski definition) is 3. The van der Waals surface area contributed by atoms with E-state index >= 15 is 0 Å². The number of nitrogens with one attached hydrogen (secondary N) is 1. The summed E-state index contributed by atoms with van der Waals surface area (Å²) in [4.78, 5) is 23.1. The van der Waals surface area contributed by atoms with Gasteiger partial charge in [0.1, 0.15) is 6.10 Å². The van der Waals surface area contributed by atoms with Gasteiger partial charge in [-0.15, -0.1) is 0 Å². The first kappa shape index (κ1) is 36.3. The molecule has 0 bridgehead atoms. The third-order valence-electron chi connectivity index (χ3n) is 9.18. The number of carboxylic acids is 1. The molecule has 0 saturated heterocycles. The minimum Gasteiger partial charge on any atom is -0.481 e. The summed E-state index contributed by atoms with van der Waals surface area (Å²) in [6.07, 6.45) is 2.22. The lowest BCUT2D eigenvalue weighted by Gasteiger charge is -2.41. The molecule has 0 aliphatic rings. The topological polar surface area (TPSA) is 75.6 Å². The van der Waals surface area contributed by atoms with Crippen LogP contribution in [-0.2, 0) is 19.4 Å². The first-order valence-corrected chi connectivity index (χ1v) is 18.6. The Kier molecular flexibility index (Phi) is 12.0. The van der Waals surface area contributed by atoms with Gasteiger partial charge in [-0.2, -0.15) is 0 Å². The van der Waals surface area contributed by atoms with Crippen molar-refractivity contribution in [2.45, 2.75) is 131 Å². The Morgan fingerprint density at radius 3 is 1.93 bits per heavy atom. The number of anilines is 1. The van der Waals surface area contributed by atoms with Crippen LogP contribution < -0.4 is 5.32 Å². The fraction of sp³-hybridized carbons (Fsp3) is 0.568. The lowest BCUT2D eigenvalue weighted by molar-refractivity contribution is -0.137. The van der Waals surface area contributed by atoms with Crippen LogP contribution in [-0.4, -0.2) is 31.4 Å². The van der Waals surface area contributed by atoms with E-state index in [1.54, 1.807) is 0 Å². The molecule has 2 aromatic carbocycles. The number of benzene rings is 2. The largest absolute Gasteiger partial charge is 0.481 e. The molecule has 1 atom stereocenters. The van der Waals surface area contributed by atoms with E-state index in [1.807, 2.05) is 13.0 Å². The van der Waals surface area contributed by atoms with Crippen molar-refractivity contribution in [1.82, 2.24) is 0 Å². The van der Waals surface area contributed by atoms with Gasteiger partial charge in [0.25, 0.3) is 0 Å². The quantitative estimate of drug-likeness (QED) is 0.198. The lowest BCUT2D eigenvalue weighted by atomic mass is 9.70. The standard InChI is InChI=1S/C37H55NO4Si/c1-13-37(14-2,30-21-22-31(27(4)25-30)38-33(39)16-15-17-34(40)41)29-20-18-28(26(3)24-29)19-23-32(35(5,6)7)42-43(11,12)36(8,9)10/h18,20-22,24-25,32H,13-17H2,1-12H3,(H,38,39)(H,40,41).